The van der Waals surface area contributed by atoms with Gasteiger partial charge in [-0.1, -0.05) is 49.4 Å². The molecule has 0 radical (unpaired) electrons. The molecule has 1 atom stereocenters. The van der Waals surface area contributed by atoms with Crippen molar-refractivity contribution >= 4 is 10.0 Å². The summed E-state index contributed by atoms with van der Waals surface area (Å²) >= 11 is 0. The minimum absolute atomic E-state index is 0.0462. The van der Waals surface area contributed by atoms with Crippen molar-refractivity contribution in [2.75, 3.05) is 13.2 Å². The highest BCUT2D eigenvalue weighted by molar-refractivity contribution is 7.89. The largest absolute Gasteiger partial charge is 0.396 e. The zero-order chi connectivity index (χ0) is 15.3. The van der Waals surface area contributed by atoms with E-state index in [9.17, 15) is 8.42 Å². The Morgan fingerprint density at radius 3 is 2.14 bits per heavy atom. The maximum atomic E-state index is 12.1. The van der Waals surface area contributed by atoms with Crippen LogP contribution in [0, 0.1) is 5.92 Å². The first-order chi connectivity index (χ1) is 10.0. The van der Waals surface area contributed by atoms with E-state index in [4.69, 9.17) is 5.11 Å². The molecule has 21 heavy (non-hydrogen) atoms. The van der Waals surface area contributed by atoms with Crippen LogP contribution >= 0.6 is 0 Å². The molecule has 2 N–H and O–H groups in total. The topological polar surface area (TPSA) is 66.4 Å². The predicted molar refractivity (Wildman–Crippen MR) is 83.3 cm³/mol. The molecule has 0 amide bonds. The third-order valence-corrected chi connectivity index (χ3v) is 4.64. The van der Waals surface area contributed by atoms with Gasteiger partial charge in [-0.15, -0.1) is 0 Å². The molecular formula is C16H19NO3S. The fourth-order valence-corrected chi connectivity index (χ4v) is 3.02. The summed E-state index contributed by atoms with van der Waals surface area (Å²) in [6.07, 6.45) is 0. The van der Waals surface area contributed by atoms with Crippen molar-refractivity contribution in [3.63, 3.8) is 0 Å². The molecule has 0 aliphatic carbocycles. The molecule has 0 bridgehead atoms. The summed E-state index contributed by atoms with van der Waals surface area (Å²) in [5.74, 6) is -0.108. The number of nitrogens with one attached hydrogen (secondary N) is 1. The van der Waals surface area contributed by atoms with Crippen LogP contribution in [0.3, 0.4) is 0 Å². The van der Waals surface area contributed by atoms with Crippen LogP contribution in [0.5, 0.6) is 0 Å². The Kier molecular flexibility index (Phi) is 5.12. The second-order valence-electron chi connectivity index (χ2n) is 5.03. The van der Waals surface area contributed by atoms with Crippen LogP contribution in [0.2, 0.25) is 0 Å². The monoisotopic (exact) mass is 305 g/mol. The molecule has 0 aliphatic rings. The van der Waals surface area contributed by atoms with Crippen molar-refractivity contribution in [1.82, 2.24) is 4.72 Å². The lowest BCUT2D eigenvalue weighted by atomic mass is 10.1. The summed E-state index contributed by atoms with van der Waals surface area (Å²) in [7, 11) is -3.53. The van der Waals surface area contributed by atoms with E-state index >= 15 is 0 Å². The Labute approximate surface area is 125 Å². The molecule has 0 aromatic heterocycles. The van der Waals surface area contributed by atoms with E-state index in [-0.39, 0.29) is 24.0 Å². The number of hydrogen-bond acceptors (Lipinski definition) is 3. The number of benzene rings is 2. The first-order valence-electron chi connectivity index (χ1n) is 6.79. The van der Waals surface area contributed by atoms with Crippen molar-refractivity contribution in [1.29, 1.82) is 0 Å². The summed E-state index contributed by atoms with van der Waals surface area (Å²) < 4.78 is 26.7. The van der Waals surface area contributed by atoms with Crippen LogP contribution in [-0.2, 0) is 10.0 Å². The van der Waals surface area contributed by atoms with E-state index in [0.717, 1.165) is 11.1 Å². The number of rotatable bonds is 6. The molecule has 2 rings (SSSR count). The van der Waals surface area contributed by atoms with Crippen LogP contribution < -0.4 is 4.72 Å². The summed E-state index contributed by atoms with van der Waals surface area (Å²) in [5.41, 5.74) is 2.02. The Hall–Kier alpha value is -1.69. The minimum Gasteiger partial charge on any atom is -0.396 e. The van der Waals surface area contributed by atoms with Crippen molar-refractivity contribution < 1.29 is 13.5 Å². The molecule has 0 saturated carbocycles. The van der Waals surface area contributed by atoms with Crippen LogP contribution in [0.25, 0.3) is 11.1 Å². The molecule has 5 heteroatoms. The second kappa shape index (κ2) is 6.85. The minimum atomic E-state index is -3.53. The fourth-order valence-electron chi connectivity index (χ4n) is 1.86. The normalized spacial score (nSPS) is 13.0. The van der Waals surface area contributed by atoms with Gasteiger partial charge in [-0.25, -0.2) is 13.1 Å². The molecule has 0 fully saturated rings. The van der Waals surface area contributed by atoms with Gasteiger partial charge in [0, 0.05) is 13.2 Å². The summed E-state index contributed by atoms with van der Waals surface area (Å²) in [6.45, 7) is 1.95. The highest BCUT2D eigenvalue weighted by Gasteiger charge is 2.14. The molecule has 1 unspecified atom stereocenters. The van der Waals surface area contributed by atoms with Gasteiger partial charge in [0.1, 0.15) is 0 Å². The summed E-state index contributed by atoms with van der Waals surface area (Å²) in [5, 5.41) is 8.93. The van der Waals surface area contributed by atoms with Gasteiger partial charge in [0.05, 0.1) is 4.90 Å². The summed E-state index contributed by atoms with van der Waals surface area (Å²) in [4.78, 5) is 0.229. The van der Waals surface area contributed by atoms with E-state index < -0.39 is 10.0 Å². The number of hydrogen-bond donors (Lipinski definition) is 2. The molecule has 2 aromatic rings. The van der Waals surface area contributed by atoms with Crippen LogP contribution in [0.1, 0.15) is 6.92 Å². The van der Waals surface area contributed by atoms with Gasteiger partial charge in [-0.05, 0) is 29.2 Å². The zero-order valence-corrected chi connectivity index (χ0v) is 12.7. The van der Waals surface area contributed by atoms with Gasteiger partial charge < -0.3 is 5.11 Å². The van der Waals surface area contributed by atoms with Gasteiger partial charge in [-0.2, -0.15) is 0 Å². The van der Waals surface area contributed by atoms with E-state index in [1.165, 1.54) is 0 Å². The lowest BCUT2D eigenvalue weighted by Gasteiger charge is -2.11. The summed E-state index contributed by atoms with van der Waals surface area (Å²) in [6, 6.07) is 16.5. The lowest BCUT2D eigenvalue weighted by molar-refractivity contribution is 0.238. The lowest BCUT2D eigenvalue weighted by Crippen LogP contribution is -2.29. The molecule has 4 nitrogen and oxygen atoms in total. The molecule has 112 valence electrons. The predicted octanol–water partition coefficient (Wildman–Crippen LogP) is 2.26. The third kappa shape index (κ3) is 4.14. The standard InChI is InChI=1S/C16H19NO3S/c1-13(12-18)11-17-21(19,20)16-9-7-15(8-10-16)14-5-3-2-4-6-14/h2-10,13,17-18H,11-12H2,1H3. The number of sulfonamides is 1. The molecule has 0 aliphatic heterocycles. The molecule has 0 heterocycles. The average molecular weight is 305 g/mol. The van der Waals surface area contributed by atoms with Gasteiger partial charge in [-0.3, -0.25) is 0 Å². The van der Waals surface area contributed by atoms with E-state index in [1.807, 2.05) is 30.3 Å². The van der Waals surface area contributed by atoms with Crippen molar-refractivity contribution in [3.8, 4) is 11.1 Å². The van der Waals surface area contributed by atoms with Gasteiger partial charge >= 0.3 is 0 Å². The Bertz CT molecular complexity index is 666. The van der Waals surface area contributed by atoms with Crippen molar-refractivity contribution in [2.45, 2.75) is 11.8 Å². The van der Waals surface area contributed by atoms with E-state index in [0.29, 0.717) is 0 Å². The Morgan fingerprint density at radius 1 is 1.00 bits per heavy atom. The van der Waals surface area contributed by atoms with Crippen LogP contribution in [0.4, 0.5) is 0 Å². The quantitative estimate of drug-likeness (QED) is 0.860. The molecule has 0 saturated heterocycles. The van der Waals surface area contributed by atoms with E-state index in [1.54, 1.807) is 31.2 Å². The number of aliphatic hydroxyl groups excluding tert-OH is 1. The highest BCUT2D eigenvalue weighted by atomic mass is 32.2. The SMILES string of the molecule is CC(CO)CNS(=O)(=O)c1ccc(-c2ccccc2)cc1. The van der Waals surface area contributed by atoms with Gasteiger partial charge in [0.15, 0.2) is 0 Å². The first-order valence-corrected chi connectivity index (χ1v) is 8.27. The molecule has 0 spiro atoms. The smallest absolute Gasteiger partial charge is 0.240 e. The first kappa shape index (κ1) is 15.7. The highest BCUT2D eigenvalue weighted by Crippen LogP contribution is 2.20. The number of aliphatic hydroxyl groups is 1. The van der Waals surface area contributed by atoms with Gasteiger partial charge in [0.2, 0.25) is 10.0 Å². The maximum absolute atomic E-state index is 12.1. The second-order valence-corrected chi connectivity index (χ2v) is 6.80. The fraction of sp³-hybridized carbons (Fsp3) is 0.250. The third-order valence-electron chi connectivity index (χ3n) is 3.21. The van der Waals surface area contributed by atoms with Crippen molar-refractivity contribution in [2.24, 2.45) is 5.92 Å². The Morgan fingerprint density at radius 2 is 1.57 bits per heavy atom. The van der Waals surface area contributed by atoms with Crippen LogP contribution in [0.15, 0.2) is 59.5 Å². The van der Waals surface area contributed by atoms with Crippen molar-refractivity contribution in [3.05, 3.63) is 54.6 Å². The van der Waals surface area contributed by atoms with E-state index in [2.05, 4.69) is 4.72 Å². The zero-order valence-electron chi connectivity index (χ0n) is 11.9. The molecular weight excluding hydrogens is 286 g/mol. The van der Waals surface area contributed by atoms with Crippen LogP contribution in [-0.4, -0.2) is 26.7 Å². The Balaban J connectivity index is 2.15. The molecule has 2 aromatic carbocycles. The van der Waals surface area contributed by atoms with Gasteiger partial charge in [0.25, 0.3) is 0 Å². The average Bonchev–Trinajstić information content (AvgIpc) is 2.53. The maximum Gasteiger partial charge on any atom is 0.240 e.